The van der Waals surface area contributed by atoms with Gasteiger partial charge in [0.15, 0.2) is 0 Å². The summed E-state index contributed by atoms with van der Waals surface area (Å²) in [6.45, 7) is 2.47. The fraction of sp³-hybridized carbons (Fsp3) is 0.368. The van der Waals surface area contributed by atoms with E-state index in [1.165, 1.54) is 37.9 Å². The number of benzene rings is 2. The molecule has 1 saturated heterocycles. The third kappa shape index (κ3) is 2.06. The number of hydrogen-bond donors (Lipinski definition) is 0. The van der Waals surface area contributed by atoms with Crippen LogP contribution in [0.4, 0.5) is 0 Å². The third-order valence-electron chi connectivity index (χ3n) is 5.00. The summed E-state index contributed by atoms with van der Waals surface area (Å²) in [5, 5.41) is 0. The van der Waals surface area contributed by atoms with Gasteiger partial charge in [-0.05, 0) is 42.5 Å². The molecule has 4 rings (SSSR count). The lowest BCUT2D eigenvalue weighted by Crippen LogP contribution is -2.32. The molecular formula is C19H21N. The summed E-state index contributed by atoms with van der Waals surface area (Å²) >= 11 is 0. The second-order valence-electron chi connectivity index (χ2n) is 6.16. The molecule has 0 radical (unpaired) electrons. The van der Waals surface area contributed by atoms with Crippen LogP contribution in [0.1, 0.15) is 35.4 Å². The second kappa shape index (κ2) is 5.06. The first kappa shape index (κ1) is 12.2. The van der Waals surface area contributed by atoms with Gasteiger partial charge < -0.3 is 0 Å². The number of hydrogen-bond acceptors (Lipinski definition) is 1. The second-order valence-corrected chi connectivity index (χ2v) is 6.16. The van der Waals surface area contributed by atoms with Gasteiger partial charge in [0.2, 0.25) is 0 Å². The molecule has 2 atom stereocenters. The molecule has 0 aromatic heterocycles. The van der Waals surface area contributed by atoms with E-state index in [1.54, 1.807) is 11.1 Å². The summed E-state index contributed by atoms with van der Waals surface area (Å²) < 4.78 is 0. The van der Waals surface area contributed by atoms with Crippen molar-refractivity contribution < 1.29 is 0 Å². The molecule has 2 aliphatic heterocycles. The first-order valence-electron chi connectivity index (χ1n) is 7.78. The van der Waals surface area contributed by atoms with Crippen LogP contribution < -0.4 is 0 Å². The number of nitrogens with zero attached hydrogens (tertiary/aromatic N) is 1. The zero-order valence-electron chi connectivity index (χ0n) is 11.8. The molecule has 2 aliphatic rings. The van der Waals surface area contributed by atoms with E-state index >= 15 is 0 Å². The van der Waals surface area contributed by atoms with Crippen molar-refractivity contribution in [2.45, 2.75) is 31.2 Å². The van der Waals surface area contributed by atoms with Gasteiger partial charge in [0.25, 0.3) is 0 Å². The van der Waals surface area contributed by atoms with E-state index in [1.807, 2.05) is 0 Å². The maximum atomic E-state index is 2.72. The van der Waals surface area contributed by atoms with Crippen molar-refractivity contribution in [3.63, 3.8) is 0 Å². The van der Waals surface area contributed by atoms with Crippen molar-refractivity contribution in [2.75, 3.05) is 13.1 Å². The molecule has 1 nitrogen and oxygen atoms in total. The molecule has 1 fully saturated rings. The molecule has 0 aliphatic carbocycles. The van der Waals surface area contributed by atoms with Crippen molar-refractivity contribution in [1.82, 2.24) is 4.90 Å². The zero-order valence-corrected chi connectivity index (χ0v) is 11.8. The van der Waals surface area contributed by atoms with Gasteiger partial charge in [-0.15, -0.1) is 0 Å². The third-order valence-corrected chi connectivity index (χ3v) is 5.00. The van der Waals surface area contributed by atoms with E-state index in [4.69, 9.17) is 0 Å². The molecule has 102 valence electrons. The van der Waals surface area contributed by atoms with Gasteiger partial charge in [-0.3, -0.25) is 4.90 Å². The molecule has 20 heavy (non-hydrogen) atoms. The molecule has 0 spiro atoms. The molecule has 0 amide bonds. The van der Waals surface area contributed by atoms with Crippen molar-refractivity contribution in [2.24, 2.45) is 0 Å². The predicted octanol–water partition coefficient (Wildman–Crippen LogP) is 3.84. The average Bonchev–Trinajstić information content (AvgIpc) is 2.87. The monoisotopic (exact) mass is 263 g/mol. The Labute approximate surface area is 121 Å². The summed E-state index contributed by atoms with van der Waals surface area (Å²) in [5.74, 6) is 0.537. The SMILES string of the molecule is c1ccc([C@H]2CN3CCC[C@@H]3Cc3ccccc32)cc1. The summed E-state index contributed by atoms with van der Waals surface area (Å²) in [7, 11) is 0. The Kier molecular flexibility index (Phi) is 3.08. The smallest absolute Gasteiger partial charge is 0.0220 e. The van der Waals surface area contributed by atoms with Crippen molar-refractivity contribution in [1.29, 1.82) is 0 Å². The van der Waals surface area contributed by atoms with Crippen LogP contribution in [0.15, 0.2) is 54.6 Å². The quantitative estimate of drug-likeness (QED) is 0.755. The number of fused-ring (bicyclic) bond motifs is 2. The first-order chi connectivity index (χ1) is 9.92. The van der Waals surface area contributed by atoms with Gasteiger partial charge in [-0.25, -0.2) is 0 Å². The van der Waals surface area contributed by atoms with E-state index in [9.17, 15) is 0 Å². The largest absolute Gasteiger partial charge is 0.299 e. The molecule has 1 heteroatoms. The van der Waals surface area contributed by atoms with Gasteiger partial charge in [0, 0.05) is 18.5 Å². The normalized spacial score (nSPS) is 25.8. The Morgan fingerprint density at radius 1 is 0.900 bits per heavy atom. The van der Waals surface area contributed by atoms with E-state index in [0.717, 1.165) is 6.04 Å². The standard InChI is InChI=1S/C19H21N/c1-2-7-15(8-3-1)19-14-20-12-6-10-17(20)13-16-9-4-5-11-18(16)19/h1-5,7-9,11,17,19H,6,10,12-14H2/t17-,19-/m1/s1. The Balaban J connectivity index is 1.80. The summed E-state index contributed by atoms with van der Waals surface area (Å²) in [6, 6.07) is 20.9. The van der Waals surface area contributed by atoms with Crippen LogP contribution in [-0.2, 0) is 6.42 Å². The molecule has 2 heterocycles. The van der Waals surface area contributed by atoms with Crippen LogP contribution in [0, 0.1) is 0 Å². The van der Waals surface area contributed by atoms with E-state index in [0.29, 0.717) is 5.92 Å². The maximum absolute atomic E-state index is 2.72. The fourth-order valence-electron chi connectivity index (χ4n) is 3.98. The lowest BCUT2D eigenvalue weighted by Gasteiger charge is -2.25. The van der Waals surface area contributed by atoms with Gasteiger partial charge in [-0.2, -0.15) is 0 Å². The molecule has 0 bridgehead atoms. The molecule has 2 aromatic rings. The summed E-state index contributed by atoms with van der Waals surface area (Å²) in [6.07, 6.45) is 3.98. The van der Waals surface area contributed by atoms with E-state index < -0.39 is 0 Å². The Morgan fingerprint density at radius 3 is 2.60 bits per heavy atom. The van der Waals surface area contributed by atoms with Crippen molar-refractivity contribution >= 4 is 0 Å². The highest BCUT2D eigenvalue weighted by Gasteiger charge is 2.32. The minimum Gasteiger partial charge on any atom is -0.299 e. The highest BCUT2D eigenvalue weighted by molar-refractivity contribution is 5.40. The Bertz CT molecular complexity index is 590. The van der Waals surface area contributed by atoms with Crippen LogP contribution in [0.5, 0.6) is 0 Å². The Hall–Kier alpha value is -1.60. The van der Waals surface area contributed by atoms with Crippen LogP contribution in [0.25, 0.3) is 0 Å². The van der Waals surface area contributed by atoms with Crippen LogP contribution in [-0.4, -0.2) is 24.0 Å². The average molecular weight is 263 g/mol. The van der Waals surface area contributed by atoms with Gasteiger partial charge in [0.05, 0.1) is 0 Å². The minimum absolute atomic E-state index is 0.537. The van der Waals surface area contributed by atoms with E-state index in [2.05, 4.69) is 59.5 Å². The molecule has 0 unspecified atom stereocenters. The van der Waals surface area contributed by atoms with Crippen LogP contribution in [0.3, 0.4) is 0 Å². The highest BCUT2D eigenvalue weighted by Crippen LogP contribution is 2.35. The zero-order chi connectivity index (χ0) is 13.4. The first-order valence-corrected chi connectivity index (χ1v) is 7.78. The van der Waals surface area contributed by atoms with Crippen molar-refractivity contribution in [3.8, 4) is 0 Å². The number of rotatable bonds is 1. The predicted molar refractivity (Wildman–Crippen MR) is 83.0 cm³/mol. The summed E-state index contributed by atoms with van der Waals surface area (Å²) in [5.41, 5.74) is 4.58. The molecule has 0 N–H and O–H groups in total. The lowest BCUT2D eigenvalue weighted by molar-refractivity contribution is 0.254. The topological polar surface area (TPSA) is 3.24 Å². The maximum Gasteiger partial charge on any atom is 0.0220 e. The molecular weight excluding hydrogens is 242 g/mol. The van der Waals surface area contributed by atoms with Gasteiger partial charge in [0.1, 0.15) is 0 Å². The van der Waals surface area contributed by atoms with Gasteiger partial charge in [-0.1, -0.05) is 54.6 Å². The van der Waals surface area contributed by atoms with Crippen molar-refractivity contribution in [3.05, 3.63) is 71.3 Å². The van der Waals surface area contributed by atoms with Gasteiger partial charge >= 0.3 is 0 Å². The lowest BCUT2D eigenvalue weighted by atomic mass is 9.87. The van der Waals surface area contributed by atoms with Crippen LogP contribution >= 0.6 is 0 Å². The minimum atomic E-state index is 0.537. The fourth-order valence-corrected chi connectivity index (χ4v) is 3.98. The Morgan fingerprint density at radius 2 is 1.70 bits per heavy atom. The molecule has 2 aromatic carbocycles. The molecule has 0 saturated carbocycles. The summed E-state index contributed by atoms with van der Waals surface area (Å²) in [4.78, 5) is 2.72. The van der Waals surface area contributed by atoms with E-state index in [-0.39, 0.29) is 0 Å². The highest BCUT2D eigenvalue weighted by atomic mass is 15.2. The van der Waals surface area contributed by atoms with Crippen LogP contribution in [0.2, 0.25) is 0 Å².